The van der Waals surface area contributed by atoms with E-state index in [1.165, 1.54) is 0 Å². The zero-order valence-electron chi connectivity index (χ0n) is 13.0. The van der Waals surface area contributed by atoms with Crippen LogP contribution in [0.1, 0.15) is 45.0 Å². The SMILES string of the molecule is CCc1nc(NN)c(C)c(NCC(C)(C)CCCO)n1. The third-order valence-corrected chi connectivity index (χ3v) is 3.39. The van der Waals surface area contributed by atoms with Gasteiger partial charge in [0, 0.05) is 25.1 Å². The number of rotatable bonds is 8. The predicted molar refractivity (Wildman–Crippen MR) is 82.5 cm³/mol. The molecule has 0 amide bonds. The largest absolute Gasteiger partial charge is 0.396 e. The minimum atomic E-state index is 0.100. The van der Waals surface area contributed by atoms with Gasteiger partial charge in [-0.05, 0) is 25.2 Å². The van der Waals surface area contributed by atoms with Crippen LogP contribution in [0, 0.1) is 12.3 Å². The Bertz CT molecular complexity index is 434. The van der Waals surface area contributed by atoms with Gasteiger partial charge in [-0.3, -0.25) is 0 Å². The van der Waals surface area contributed by atoms with Crippen molar-refractivity contribution in [2.75, 3.05) is 23.9 Å². The second kappa shape index (κ2) is 7.40. The molecule has 1 aromatic rings. The fourth-order valence-electron chi connectivity index (χ4n) is 2.00. The normalized spacial score (nSPS) is 11.5. The molecule has 6 heteroatoms. The number of nitrogen functional groups attached to an aromatic ring is 1. The number of nitrogens with two attached hydrogens (primary N) is 1. The molecule has 1 rings (SSSR count). The van der Waals surface area contributed by atoms with Gasteiger partial charge in [0.1, 0.15) is 17.5 Å². The van der Waals surface area contributed by atoms with E-state index < -0.39 is 0 Å². The molecule has 0 bridgehead atoms. The van der Waals surface area contributed by atoms with Crippen molar-refractivity contribution in [3.05, 3.63) is 11.4 Å². The van der Waals surface area contributed by atoms with Gasteiger partial charge in [-0.15, -0.1) is 0 Å². The lowest BCUT2D eigenvalue weighted by molar-refractivity contribution is 0.248. The quantitative estimate of drug-likeness (QED) is 0.429. The molecule has 1 aromatic heterocycles. The minimum Gasteiger partial charge on any atom is -0.396 e. The van der Waals surface area contributed by atoms with Gasteiger partial charge in [0.15, 0.2) is 0 Å². The summed E-state index contributed by atoms with van der Waals surface area (Å²) in [4.78, 5) is 8.86. The van der Waals surface area contributed by atoms with Crippen LogP contribution in [0.5, 0.6) is 0 Å². The van der Waals surface area contributed by atoms with E-state index in [2.05, 4.69) is 34.6 Å². The summed E-state index contributed by atoms with van der Waals surface area (Å²) in [5, 5.41) is 12.3. The van der Waals surface area contributed by atoms with Gasteiger partial charge < -0.3 is 15.8 Å². The predicted octanol–water partition coefficient (Wildman–Crippen LogP) is 1.84. The summed E-state index contributed by atoms with van der Waals surface area (Å²) in [6.07, 6.45) is 2.54. The van der Waals surface area contributed by atoms with E-state index in [1.807, 2.05) is 13.8 Å². The summed E-state index contributed by atoms with van der Waals surface area (Å²) >= 11 is 0. The summed E-state index contributed by atoms with van der Waals surface area (Å²) in [6.45, 7) is 9.33. The maximum atomic E-state index is 8.93. The molecule has 0 unspecified atom stereocenters. The van der Waals surface area contributed by atoms with Gasteiger partial charge in [-0.1, -0.05) is 20.8 Å². The molecule has 0 aliphatic heterocycles. The van der Waals surface area contributed by atoms with Gasteiger partial charge in [0.25, 0.3) is 0 Å². The molecule has 114 valence electrons. The Kier molecular flexibility index (Phi) is 6.16. The fourth-order valence-corrected chi connectivity index (χ4v) is 2.00. The van der Waals surface area contributed by atoms with E-state index in [-0.39, 0.29) is 12.0 Å². The molecule has 5 N–H and O–H groups in total. The molecule has 20 heavy (non-hydrogen) atoms. The Morgan fingerprint density at radius 2 is 1.90 bits per heavy atom. The molecule has 0 saturated heterocycles. The van der Waals surface area contributed by atoms with E-state index in [9.17, 15) is 0 Å². The molecular formula is C14H27N5O. The topological polar surface area (TPSA) is 96.1 Å². The van der Waals surface area contributed by atoms with Gasteiger partial charge in [0.2, 0.25) is 0 Å². The highest BCUT2D eigenvalue weighted by molar-refractivity contribution is 5.56. The number of aromatic nitrogens is 2. The molecule has 0 spiro atoms. The van der Waals surface area contributed by atoms with Crippen molar-refractivity contribution >= 4 is 11.6 Å². The number of aliphatic hydroxyl groups is 1. The number of aryl methyl sites for hydroxylation is 1. The molecule has 0 fully saturated rings. The number of anilines is 2. The highest BCUT2D eigenvalue weighted by Gasteiger charge is 2.18. The van der Waals surface area contributed by atoms with Crippen LogP contribution in [0.25, 0.3) is 0 Å². The Balaban J connectivity index is 2.81. The van der Waals surface area contributed by atoms with Crippen LogP contribution in [0.2, 0.25) is 0 Å². The van der Waals surface area contributed by atoms with E-state index in [0.717, 1.165) is 43.0 Å². The van der Waals surface area contributed by atoms with E-state index in [4.69, 9.17) is 10.9 Å². The minimum absolute atomic E-state index is 0.100. The summed E-state index contributed by atoms with van der Waals surface area (Å²) < 4.78 is 0. The zero-order chi connectivity index (χ0) is 15.2. The lowest BCUT2D eigenvalue weighted by Gasteiger charge is -2.25. The number of hydrogen-bond acceptors (Lipinski definition) is 6. The molecule has 0 aliphatic carbocycles. The fraction of sp³-hybridized carbons (Fsp3) is 0.714. The van der Waals surface area contributed by atoms with Gasteiger partial charge >= 0.3 is 0 Å². The van der Waals surface area contributed by atoms with Crippen molar-refractivity contribution in [3.63, 3.8) is 0 Å². The van der Waals surface area contributed by atoms with Crippen LogP contribution in [0.15, 0.2) is 0 Å². The first-order chi connectivity index (χ1) is 9.43. The molecule has 0 radical (unpaired) electrons. The van der Waals surface area contributed by atoms with Crippen molar-refractivity contribution in [1.82, 2.24) is 9.97 Å². The molecule has 0 saturated carbocycles. The highest BCUT2D eigenvalue weighted by Crippen LogP contribution is 2.25. The number of nitrogens with one attached hydrogen (secondary N) is 2. The number of nitrogens with zero attached hydrogens (tertiary/aromatic N) is 2. The maximum Gasteiger partial charge on any atom is 0.148 e. The second-order valence-corrected chi connectivity index (χ2v) is 5.80. The Morgan fingerprint density at radius 1 is 1.25 bits per heavy atom. The third-order valence-electron chi connectivity index (χ3n) is 3.39. The summed E-state index contributed by atoms with van der Waals surface area (Å²) in [7, 11) is 0. The lowest BCUT2D eigenvalue weighted by Crippen LogP contribution is -2.25. The Morgan fingerprint density at radius 3 is 2.45 bits per heavy atom. The van der Waals surface area contributed by atoms with E-state index in [1.54, 1.807) is 0 Å². The van der Waals surface area contributed by atoms with Gasteiger partial charge in [-0.25, -0.2) is 15.8 Å². The monoisotopic (exact) mass is 281 g/mol. The van der Waals surface area contributed by atoms with Crippen LogP contribution in [-0.4, -0.2) is 28.2 Å². The van der Waals surface area contributed by atoms with Crippen molar-refractivity contribution in [1.29, 1.82) is 0 Å². The first-order valence-electron chi connectivity index (χ1n) is 7.12. The van der Waals surface area contributed by atoms with Crippen LogP contribution >= 0.6 is 0 Å². The first-order valence-corrected chi connectivity index (χ1v) is 7.12. The molecule has 0 aliphatic rings. The van der Waals surface area contributed by atoms with E-state index >= 15 is 0 Å². The maximum absolute atomic E-state index is 8.93. The molecule has 1 heterocycles. The second-order valence-electron chi connectivity index (χ2n) is 5.80. The average Bonchev–Trinajstić information content (AvgIpc) is 2.44. The summed E-state index contributed by atoms with van der Waals surface area (Å²) in [6, 6.07) is 0. The third kappa shape index (κ3) is 4.61. The first kappa shape index (κ1) is 16.7. The lowest BCUT2D eigenvalue weighted by atomic mass is 9.88. The van der Waals surface area contributed by atoms with Gasteiger partial charge in [0.05, 0.1) is 0 Å². The Labute approximate surface area is 121 Å². The van der Waals surface area contributed by atoms with Crippen LogP contribution in [0.3, 0.4) is 0 Å². The number of hydrazine groups is 1. The molecule has 0 atom stereocenters. The Hall–Kier alpha value is -1.40. The van der Waals surface area contributed by atoms with Crippen molar-refractivity contribution in [2.24, 2.45) is 11.3 Å². The highest BCUT2D eigenvalue weighted by atomic mass is 16.2. The zero-order valence-corrected chi connectivity index (χ0v) is 13.0. The number of hydrogen-bond donors (Lipinski definition) is 4. The van der Waals surface area contributed by atoms with Crippen LogP contribution in [-0.2, 0) is 6.42 Å². The molecule has 6 nitrogen and oxygen atoms in total. The smallest absolute Gasteiger partial charge is 0.148 e. The standard InChI is InChI=1S/C14H27N5O/c1-5-11-17-12(10(2)13(18-11)19-15)16-9-14(3,4)7-6-8-20/h20H,5-9,15H2,1-4H3,(H2,16,17,18,19). The van der Waals surface area contributed by atoms with Gasteiger partial charge in [-0.2, -0.15) is 0 Å². The summed E-state index contributed by atoms with van der Waals surface area (Å²) in [5.41, 5.74) is 3.64. The van der Waals surface area contributed by atoms with Crippen molar-refractivity contribution in [2.45, 2.75) is 47.0 Å². The molecule has 0 aromatic carbocycles. The van der Waals surface area contributed by atoms with Crippen LogP contribution < -0.4 is 16.6 Å². The summed E-state index contributed by atoms with van der Waals surface area (Å²) in [5.74, 6) is 7.74. The number of aliphatic hydroxyl groups excluding tert-OH is 1. The van der Waals surface area contributed by atoms with Crippen molar-refractivity contribution < 1.29 is 5.11 Å². The average molecular weight is 281 g/mol. The van der Waals surface area contributed by atoms with Crippen molar-refractivity contribution in [3.8, 4) is 0 Å². The molecular weight excluding hydrogens is 254 g/mol. The van der Waals surface area contributed by atoms with E-state index in [0.29, 0.717) is 5.82 Å². The van der Waals surface area contributed by atoms with Crippen LogP contribution in [0.4, 0.5) is 11.6 Å².